The van der Waals surface area contributed by atoms with Crippen molar-refractivity contribution in [2.45, 2.75) is 6.92 Å². The highest BCUT2D eigenvalue weighted by atomic mass is 14.9. The van der Waals surface area contributed by atoms with Gasteiger partial charge in [-0.1, -0.05) is 42.5 Å². The predicted molar refractivity (Wildman–Crippen MR) is 74.1 cm³/mol. The summed E-state index contributed by atoms with van der Waals surface area (Å²) in [6.07, 6.45) is 0. The van der Waals surface area contributed by atoms with Gasteiger partial charge in [0.25, 0.3) is 0 Å². The SMILES string of the molecule is Cc1cc(N)nc(-c2cccc3ccccc23)n1. The van der Waals surface area contributed by atoms with Crippen molar-refractivity contribution in [2.75, 3.05) is 5.73 Å². The Balaban J connectivity index is 2.31. The Labute approximate surface area is 105 Å². The van der Waals surface area contributed by atoms with Gasteiger partial charge in [0.05, 0.1) is 0 Å². The average molecular weight is 235 g/mol. The molecule has 0 amide bonds. The summed E-state index contributed by atoms with van der Waals surface area (Å²) in [4.78, 5) is 8.78. The minimum absolute atomic E-state index is 0.505. The largest absolute Gasteiger partial charge is 0.384 e. The molecule has 3 aromatic rings. The second-order valence-corrected chi connectivity index (χ2v) is 4.28. The molecule has 0 aliphatic carbocycles. The van der Waals surface area contributed by atoms with Crippen LogP contribution < -0.4 is 5.73 Å². The Morgan fingerprint density at radius 1 is 0.944 bits per heavy atom. The number of anilines is 1. The minimum Gasteiger partial charge on any atom is -0.384 e. The molecule has 3 rings (SSSR count). The van der Waals surface area contributed by atoms with E-state index in [2.05, 4.69) is 28.2 Å². The van der Waals surface area contributed by atoms with Crippen LogP contribution in [0.25, 0.3) is 22.2 Å². The Morgan fingerprint density at radius 2 is 1.72 bits per heavy atom. The summed E-state index contributed by atoms with van der Waals surface area (Å²) >= 11 is 0. The average Bonchev–Trinajstić information content (AvgIpc) is 2.37. The van der Waals surface area contributed by atoms with E-state index >= 15 is 0 Å². The lowest BCUT2D eigenvalue weighted by Gasteiger charge is -2.06. The third-order valence-electron chi connectivity index (χ3n) is 2.90. The van der Waals surface area contributed by atoms with E-state index < -0.39 is 0 Å². The molecule has 1 heterocycles. The van der Waals surface area contributed by atoms with Crippen molar-refractivity contribution in [2.24, 2.45) is 0 Å². The number of nitrogen functional groups attached to an aromatic ring is 1. The third kappa shape index (κ3) is 1.80. The topological polar surface area (TPSA) is 51.8 Å². The van der Waals surface area contributed by atoms with E-state index in [9.17, 15) is 0 Å². The minimum atomic E-state index is 0.505. The highest BCUT2D eigenvalue weighted by Crippen LogP contribution is 2.26. The number of hydrogen-bond donors (Lipinski definition) is 1. The molecular weight excluding hydrogens is 222 g/mol. The van der Waals surface area contributed by atoms with Gasteiger partial charge in [-0.05, 0) is 17.7 Å². The normalized spacial score (nSPS) is 10.7. The van der Waals surface area contributed by atoms with Crippen LogP contribution >= 0.6 is 0 Å². The molecule has 0 aliphatic heterocycles. The van der Waals surface area contributed by atoms with Crippen molar-refractivity contribution in [1.29, 1.82) is 0 Å². The van der Waals surface area contributed by atoms with Crippen molar-refractivity contribution in [3.8, 4) is 11.4 Å². The summed E-state index contributed by atoms with van der Waals surface area (Å²) in [6.45, 7) is 1.92. The second kappa shape index (κ2) is 4.11. The van der Waals surface area contributed by atoms with Gasteiger partial charge in [0.15, 0.2) is 5.82 Å². The van der Waals surface area contributed by atoms with Gasteiger partial charge in [-0.25, -0.2) is 9.97 Å². The number of aryl methyl sites for hydroxylation is 1. The Hall–Kier alpha value is -2.42. The standard InChI is InChI=1S/C15H13N3/c1-10-9-14(16)18-15(17-10)13-8-4-6-11-5-2-3-7-12(11)13/h2-9H,1H3,(H2,16,17,18). The molecule has 18 heavy (non-hydrogen) atoms. The Morgan fingerprint density at radius 3 is 2.56 bits per heavy atom. The van der Waals surface area contributed by atoms with Crippen molar-refractivity contribution < 1.29 is 0 Å². The van der Waals surface area contributed by atoms with Crippen molar-refractivity contribution in [1.82, 2.24) is 9.97 Å². The Kier molecular flexibility index (Phi) is 2.45. The first kappa shape index (κ1) is 10.7. The first-order valence-corrected chi connectivity index (χ1v) is 5.83. The first-order valence-electron chi connectivity index (χ1n) is 5.83. The second-order valence-electron chi connectivity index (χ2n) is 4.28. The fourth-order valence-electron chi connectivity index (χ4n) is 2.13. The number of nitrogens with two attached hydrogens (primary N) is 1. The van der Waals surface area contributed by atoms with Gasteiger partial charge in [0.2, 0.25) is 0 Å². The molecule has 0 saturated heterocycles. The molecule has 0 saturated carbocycles. The maximum Gasteiger partial charge on any atom is 0.162 e. The molecular formula is C15H13N3. The van der Waals surface area contributed by atoms with Crippen molar-refractivity contribution in [3.63, 3.8) is 0 Å². The van der Waals surface area contributed by atoms with Crippen LogP contribution in [0.2, 0.25) is 0 Å². The van der Waals surface area contributed by atoms with Crippen molar-refractivity contribution >= 4 is 16.6 Å². The fourth-order valence-corrected chi connectivity index (χ4v) is 2.13. The number of aromatic nitrogens is 2. The van der Waals surface area contributed by atoms with E-state index in [4.69, 9.17) is 5.73 Å². The van der Waals surface area contributed by atoms with E-state index in [0.29, 0.717) is 11.6 Å². The highest BCUT2D eigenvalue weighted by Gasteiger charge is 2.07. The zero-order valence-electron chi connectivity index (χ0n) is 10.1. The molecule has 3 heteroatoms. The highest BCUT2D eigenvalue weighted by molar-refractivity contribution is 5.95. The van der Waals surface area contributed by atoms with Gasteiger partial charge in [-0.2, -0.15) is 0 Å². The van der Waals surface area contributed by atoms with E-state index in [1.807, 2.05) is 31.2 Å². The zero-order valence-corrected chi connectivity index (χ0v) is 10.1. The summed E-state index contributed by atoms with van der Waals surface area (Å²) in [5.41, 5.74) is 7.69. The molecule has 2 N–H and O–H groups in total. The van der Waals surface area contributed by atoms with Crippen LogP contribution in [0.15, 0.2) is 48.5 Å². The fraction of sp³-hybridized carbons (Fsp3) is 0.0667. The van der Waals surface area contributed by atoms with Gasteiger partial charge >= 0.3 is 0 Å². The van der Waals surface area contributed by atoms with Gasteiger partial charge in [0, 0.05) is 17.3 Å². The van der Waals surface area contributed by atoms with Crippen LogP contribution in [0.4, 0.5) is 5.82 Å². The predicted octanol–water partition coefficient (Wildman–Crippen LogP) is 3.19. The molecule has 0 unspecified atom stereocenters. The number of hydrogen-bond acceptors (Lipinski definition) is 3. The molecule has 0 bridgehead atoms. The van der Waals surface area contributed by atoms with E-state index in [1.54, 1.807) is 6.07 Å². The molecule has 0 spiro atoms. The molecule has 0 atom stereocenters. The first-order chi connectivity index (χ1) is 8.74. The monoisotopic (exact) mass is 235 g/mol. The van der Waals surface area contributed by atoms with Gasteiger partial charge in [-0.3, -0.25) is 0 Å². The lowest BCUT2D eigenvalue weighted by atomic mass is 10.0. The lowest BCUT2D eigenvalue weighted by molar-refractivity contribution is 1.12. The van der Waals surface area contributed by atoms with E-state index in [-0.39, 0.29) is 0 Å². The van der Waals surface area contributed by atoms with Crippen LogP contribution in [-0.4, -0.2) is 9.97 Å². The Bertz CT molecular complexity index is 694. The number of benzene rings is 2. The van der Waals surface area contributed by atoms with Gasteiger partial charge in [-0.15, -0.1) is 0 Å². The molecule has 2 aromatic carbocycles. The van der Waals surface area contributed by atoms with Gasteiger partial charge < -0.3 is 5.73 Å². The van der Waals surface area contributed by atoms with E-state index in [0.717, 1.165) is 16.6 Å². The summed E-state index contributed by atoms with van der Waals surface area (Å²) in [7, 11) is 0. The maximum atomic E-state index is 5.79. The summed E-state index contributed by atoms with van der Waals surface area (Å²) in [6, 6.07) is 16.1. The van der Waals surface area contributed by atoms with Crippen LogP contribution in [0.1, 0.15) is 5.69 Å². The third-order valence-corrected chi connectivity index (χ3v) is 2.90. The summed E-state index contributed by atoms with van der Waals surface area (Å²) in [5.74, 6) is 1.19. The molecule has 88 valence electrons. The van der Waals surface area contributed by atoms with Crippen LogP contribution in [0.5, 0.6) is 0 Å². The van der Waals surface area contributed by atoms with Crippen molar-refractivity contribution in [3.05, 3.63) is 54.2 Å². The number of fused-ring (bicyclic) bond motifs is 1. The van der Waals surface area contributed by atoms with Crippen LogP contribution in [0.3, 0.4) is 0 Å². The smallest absolute Gasteiger partial charge is 0.162 e. The molecule has 1 aromatic heterocycles. The zero-order chi connectivity index (χ0) is 12.5. The quantitative estimate of drug-likeness (QED) is 0.704. The van der Waals surface area contributed by atoms with Gasteiger partial charge in [0.1, 0.15) is 5.82 Å². The number of rotatable bonds is 1. The van der Waals surface area contributed by atoms with Crippen LogP contribution in [-0.2, 0) is 0 Å². The van der Waals surface area contributed by atoms with Crippen LogP contribution in [0, 0.1) is 6.92 Å². The summed E-state index contributed by atoms with van der Waals surface area (Å²) in [5, 5.41) is 2.32. The maximum absolute atomic E-state index is 5.79. The lowest BCUT2D eigenvalue weighted by Crippen LogP contribution is -1.97. The molecule has 0 aliphatic rings. The molecule has 3 nitrogen and oxygen atoms in total. The van der Waals surface area contributed by atoms with E-state index in [1.165, 1.54) is 5.39 Å². The molecule has 0 fully saturated rings. The summed E-state index contributed by atoms with van der Waals surface area (Å²) < 4.78 is 0. The molecule has 0 radical (unpaired) electrons. The number of nitrogens with zero attached hydrogens (tertiary/aromatic N) is 2.